The van der Waals surface area contributed by atoms with Crippen molar-refractivity contribution in [2.75, 3.05) is 0 Å². The molecule has 3 aromatic carbocycles. The smallest absolute Gasteiger partial charge is 0.244 e. The minimum Gasteiger partial charge on any atom is -0.351 e. The molecule has 1 aliphatic rings. The van der Waals surface area contributed by atoms with Crippen molar-refractivity contribution in [3.63, 3.8) is 0 Å². The lowest BCUT2D eigenvalue weighted by molar-refractivity contribution is -0.125. The van der Waals surface area contributed by atoms with E-state index < -0.39 is 27.8 Å². The molecule has 8 heteroatoms. The highest BCUT2D eigenvalue weighted by atomic mass is 35.5. The molecule has 1 atom stereocenters. The van der Waals surface area contributed by atoms with Crippen LogP contribution in [0.5, 0.6) is 0 Å². The Balaban J connectivity index is 1.64. The zero-order valence-electron chi connectivity index (χ0n) is 16.5. The number of carbonyl (C=O) groups excluding carboxylic acids is 1. The van der Waals surface area contributed by atoms with Crippen molar-refractivity contribution in [2.45, 2.75) is 30.4 Å². The lowest BCUT2D eigenvalue weighted by Gasteiger charge is -2.35. The number of fused-ring (bicyclic) bond motifs is 1. The quantitative estimate of drug-likeness (QED) is 0.630. The average Bonchev–Trinajstić information content (AvgIpc) is 2.77. The molecule has 1 amide bonds. The number of rotatable bonds is 5. The van der Waals surface area contributed by atoms with Crippen LogP contribution in [0.1, 0.15) is 16.7 Å². The summed E-state index contributed by atoms with van der Waals surface area (Å²) < 4.78 is 41.2. The van der Waals surface area contributed by atoms with Crippen molar-refractivity contribution in [1.29, 1.82) is 0 Å². The molecule has 0 aromatic heterocycles. The normalized spacial score (nSPS) is 16.5. The van der Waals surface area contributed by atoms with Crippen molar-refractivity contribution in [3.8, 4) is 0 Å². The summed E-state index contributed by atoms with van der Waals surface area (Å²) in [6.45, 7) is 0.285. The first-order valence-electron chi connectivity index (χ1n) is 9.71. The highest BCUT2D eigenvalue weighted by Gasteiger charge is 2.39. The Morgan fingerprint density at radius 2 is 1.74 bits per heavy atom. The summed E-state index contributed by atoms with van der Waals surface area (Å²) in [5.74, 6) is -0.932. The van der Waals surface area contributed by atoms with Gasteiger partial charge < -0.3 is 5.32 Å². The number of amides is 1. The van der Waals surface area contributed by atoms with Crippen LogP contribution in [-0.4, -0.2) is 24.7 Å². The van der Waals surface area contributed by atoms with Gasteiger partial charge in [-0.3, -0.25) is 4.79 Å². The van der Waals surface area contributed by atoms with Crippen molar-refractivity contribution < 1.29 is 17.6 Å². The van der Waals surface area contributed by atoms with E-state index in [4.69, 9.17) is 11.6 Å². The molecule has 31 heavy (non-hydrogen) atoms. The van der Waals surface area contributed by atoms with Gasteiger partial charge in [0.15, 0.2) is 0 Å². The van der Waals surface area contributed by atoms with Crippen molar-refractivity contribution in [1.82, 2.24) is 9.62 Å². The third kappa shape index (κ3) is 4.63. The topological polar surface area (TPSA) is 66.5 Å². The van der Waals surface area contributed by atoms with Gasteiger partial charge in [0.1, 0.15) is 11.9 Å². The van der Waals surface area contributed by atoms with Crippen LogP contribution in [0.15, 0.2) is 77.7 Å². The molecule has 1 heterocycles. The van der Waals surface area contributed by atoms with E-state index >= 15 is 0 Å². The zero-order valence-corrected chi connectivity index (χ0v) is 18.0. The second kappa shape index (κ2) is 8.78. The van der Waals surface area contributed by atoms with Gasteiger partial charge in [-0.15, -0.1) is 0 Å². The zero-order chi connectivity index (χ0) is 22.0. The van der Waals surface area contributed by atoms with Crippen LogP contribution >= 0.6 is 11.6 Å². The fourth-order valence-corrected chi connectivity index (χ4v) is 5.45. The number of nitrogens with one attached hydrogen (secondary N) is 1. The van der Waals surface area contributed by atoms with E-state index in [2.05, 4.69) is 5.32 Å². The van der Waals surface area contributed by atoms with Crippen LogP contribution in [0, 0.1) is 5.82 Å². The summed E-state index contributed by atoms with van der Waals surface area (Å²) in [5.41, 5.74) is 2.58. The summed E-state index contributed by atoms with van der Waals surface area (Å²) in [6, 6.07) is 18.2. The Kier molecular flexibility index (Phi) is 6.09. The summed E-state index contributed by atoms with van der Waals surface area (Å²) in [6.07, 6.45) is 0.248. The molecule has 1 unspecified atom stereocenters. The Morgan fingerprint density at radius 3 is 2.45 bits per heavy atom. The molecule has 1 N–H and O–H groups in total. The largest absolute Gasteiger partial charge is 0.351 e. The highest BCUT2D eigenvalue weighted by molar-refractivity contribution is 7.89. The fourth-order valence-electron chi connectivity index (χ4n) is 3.67. The number of benzene rings is 3. The van der Waals surface area contributed by atoms with Crippen LogP contribution in [0.3, 0.4) is 0 Å². The molecule has 0 saturated heterocycles. The van der Waals surface area contributed by atoms with E-state index in [1.807, 2.05) is 30.3 Å². The van der Waals surface area contributed by atoms with Crippen LogP contribution in [0.25, 0.3) is 0 Å². The Hall–Kier alpha value is -2.74. The van der Waals surface area contributed by atoms with Gasteiger partial charge in [-0.2, -0.15) is 4.31 Å². The molecule has 5 nitrogen and oxygen atoms in total. The predicted octanol–water partition coefficient (Wildman–Crippen LogP) is 3.91. The first-order valence-corrected chi connectivity index (χ1v) is 11.5. The molecule has 0 radical (unpaired) electrons. The van der Waals surface area contributed by atoms with Gasteiger partial charge >= 0.3 is 0 Å². The van der Waals surface area contributed by atoms with Crippen LogP contribution in [-0.2, 0) is 34.3 Å². The number of nitrogens with zero attached hydrogens (tertiary/aromatic N) is 1. The molecule has 3 aromatic rings. The number of halogens is 2. The molecular formula is C23H20ClFN2O3S. The highest BCUT2D eigenvalue weighted by Crippen LogP contribution is 2.29. The number of hydrogen-bond donors (Lipinski definition) is 1. The van der Waals surface area contributed by atoms with Crippen LogP contribution in [0.4, 0.5) is 4.39 Å². The Labute approximate surface area is 185 Å². The molecule has 1 aliphatic heterocycles. The van der Waals surface area contributed by atoms with E-state index in [1.54, 1.807) is 18.2 Å². The third-order valence-electron chi connectivity index (χ3n) is 5.28. The number of carbonyl (C=O) groups is 1. The van der Waals surface area contributed by atoms with Gasteiger partial charge in [0.2, 0.25) is 15.9 Å². The summed E-state index contributed by atoms with van der Waals surface area (Å²) >= 11 is 6.00. The summed E-state index contributed by atoms with van der Waals surface area (Å²) in [7, 11) is -4.02. The van der Waals surface area contributed by atoms with Gasteiger partial charge in [-0.05, 0) is 59.5 Å². The lowest BCUT2D eigenvalue weighted by Crippen LogP contribution is -2.52. The number of hydrogen-bond acceptors (Lipinski definition) is 3. The first kappa shape index (κ1) is 21.5. The molecule has 4 rings (SSSR count). The van der Waals surface area contributed by atoms with E-state index in [-0.39, 0.29) is 24.4 Å². The lowest BCUT2D eigenvalue weighted by atomic mass is 9.95. The van der Waals surface area contributed by atoms with Gasteiger partial charge in [0, 0.05) is 18.1 Å². The monoisotopic (exact) mass is 458 g/mol. The molecule has 0 spiro atoms. The van der Waals surface area contributed by atoms with E-state index in [1.165, 1.54) is 16.4 Å². The Bertz CT molecular complexity index is 1220. The Morgan fingerprint density at radius 1 is 1.03 bits per heavy atom. The molecular weight excluding hydrogens is 439 g/mol. The van der Waals surface area contributed by atoms with Crippen molar-refractivity contribution in [2.24, 2.45) is 0 Å². The van der Waals surface area contributed by atoms with E-state index in [0.29, 0.717) is 5.02 Å². The first-order chi connectivity index (χ1) is 14.8. The predicted molar refractivity (Wildman–Crippen MR) is 116 cm³/mol. The minimum atomic E-state index is -4.02. The number of sulfonamides is 1. The second-order valence-electron chi connectivity index (χ2n) is 7.34. The maximum Gasteiger partial charge on any atom is 0.244 e. The van der Waals surface area contributed by atoms with Gasteiger partial charge in [-0.25, -0.2) is 12.8 Å². The molecule has 160 valence electrons. The molecule has 0 aliphatic carbocycles. The second-order valence-corrected chi connectivity index (χ2v) is 9.67. The van der Waals surface area contributed by atoms with Crippen LogP contribution < -0.4 is 5.32 Å². The SMILES string of the molecule is O=C(NCc1cccc(Cl)c1)C1Cc2ccccc2CN1S(=O)(=O)c1ccc(F)cc1. The maximum atomic E-state index is 13.3. The molecule has 0 saturated carbocycles. The van der Waals surface area contributed by atoms with Gasteiger partial charge in [-0.1, -0.05) is 48.0 Å². The summed E-state index contributed by atoms with van der Waals surface area (Å²) in [4.78, 5) is 13.0. The van der Waals surface area contributed by atoms with Gasteiger partial charge in [0.05, 0.1) is 4.90 Å². The maximum absolute atomic E-state index is 13.3. The van der Waals surface area contributed by atoms with Crippen molar-refractivity contribution >= 4 is 27.5 Å². The third-order valence-corrected chi connectivity index (χ3v) is 7.39. The fraction of sp³-hybridized carbons (Fsp3) is 0.174. The van der Waals surface area contributed by atoms with Crippen molar-refractivity contribution in [3.05, 3.63) is 100 Å². The van der Waals surface area contributed by atoms with E-state index in [0.717, 1.165) is 28.8 Å². The van der Waals surface area contributed by atoms with E-state index in [9.17, 15) is 17.6 Å². The standard InChI is InChI=1S/C23H20ClFN2O3S/c24-19-7-3-4-16(12-19)14-26-23(28)22-13-17-5-1-2-6-18(17)15-27(22)31(29,30)21-10-8-20(25)9-11-21/h1-12,22H,13-15H2,(H,26,28). The summed E-state index contributed by atoms with van der Waals surface area (Å²) in [5, 5.41) is 3.38. The molecule has 0 fully saturated rings. The molecule has 0 bridgehead atoms. The van der Waals surface area contributed by atoms with Crippen LogP contribution in [0.2, 0.25) is 5.02 Å². The van der Waals surface area contributed by atoms with Gasteiger partial charge in [0.25, 0.3) is 0 Å². The average molecular weight is 459 g/mol. The minimum absolute atomic E-state index is 0.0547.